The summed E-state index contributed by atoms with van der Waals surface area (Å²) in [5.74, 6) is 0.755. The third kappa shape index (κ3) is 4.63. The molecule has 19 heavy (non-hydrogen) atoms. The highest BCUT2D eigenvalue weighted by atomic mass is 16.6. The van der Waals surface area contributed by atoms with Crippen molar-refractivity contribution in [2.24, 2.45) is 0 Å². The molecular formula is C14H18O5. The molecule has 0 fully saturated rings. The summed E-state index contributed by atoms with van der Waals surface area (Å²) in [5.41, 5.74) is 0.741. The van der Waals surface area contributed by atoms with Gasteiger partial charge in [-0.2, -0.15) is 0 Å². The fourth-order valence-electron chi connectivity index (χ4n) is 1.47. The van der Waals surface area contributed by atoms with Gasteiger partial charge in [0.2, 0.25) is 0 Å². The lowest BCUT2D eigenvalue weighted by Gasteiger charge is -2.09. The highest BCUT2D eigenvalue weighted by Gasteiger charge is 2.07. The van der Waals surface area contributed by atoms with Crippen molar-refractivity contribution in [1.82, 2.24) is 0 Å². The molecule has 5 heteroatoms. The van der Waals surface area contributed by atoms with Crippen molar-refractivity contribution in [3.05, 3.63) is 29.8 Å². The van der Waals surface area contributed by atoms with Crippen LogP contribution in [0.4, 0.5) is 0 Å². The zero-order chi connectivity index (χ0) is 14.1. The fourth-order valence-corrected chi connectivity index (χ4v) is 1.47. The number of hydrogen-bond donors (Lipinski definition) is 0. The Hall–Kier alpha value is -2.01. The van der Waals surface area contributed by atoms with Gasteiger partial charge in [-0.3, -0.25) is 0 Å². The molecule has 0 heterocycles. The molecule has 1 aromatic rings. The van der Waals surface area contributed by atoms with Gasteiger partial charge in [0, 0.05) is 18.7 Å². The zero-order valence-electron chi connectivity index (χ0n) is 11.3. The molecule has 0 unspecified atom stereocenters. The Morgan fingerprint density at radius 2 is 1.95 bits per heavy atom. The predicted molar refractivity (Wildman–Crippen MR) is 71.4 cm³/mol. The van der Waals surface area contributed by atoms with E-state index in [2.05, 4.69) is 0 Å². The highest BCUT2D eigenvalue weighted by Crippen LogP contribution is 2.31. The molecule has 1 aromatic carbocycles. The Morgan fingerprint density at radius 3 is 2.58 bits per heavy atom. The maximum Gasteiger partial charge on any atom is 0.330 e. The summed E-state index contributed by atoms with van der Waals surface area (Å²) in [6.07, 6.45) is 2.96. The van der Waals surface area contributed by atoms with E-state index in [0.717, 1.165) is 5.56 Å². The molecule has 0 N–H and O–H groups in total. The Bertz CT molecular complexity index is 439. The third-order valence-corrected chi connectivity index (χ3v) is 2.36. The van der Waals surface area contributed by atoms with Gasteiger partial charge in [0.05, 0.1) is 20.8 Å². The van der Waals surface area contributed by atoms with Gasteiger partial charge < -0.3 is 18.9 Å². The molecule has 104 valence electrons. The van der Waals surface area contributed by atoms with Gasteiger partial charge in [0.1, 0.15) is 6.61 Å². The van der Waals surface area contributed by atoms with E-state index in [0.29, 0.717) is 18.1 Å². The molecule has 0 aromatic heterocycles. The molecule has 0 radical (unpaired) electrons. The van der Waals surface area contributed by atoms with Crippen LogP contribution in [0.3, 0.4) is 0 Å². The number of ether oxygens (including phenoxy) is 4. The summed E-state index contributed by atoms with van der Waals surface area (Å²) in [6.45, 7) is 0.608. The van der Waals surface area contributed by atoms with E-state index in [1.807, 2.05) is 12.1 Å². The summed E-state index contributed by atoms with van der Waals surface area (Å²) >= 11 is 0. The first-order valence-corrected chi connectivity index (χ1v) is 5.77. The van der Waals surface area contributed by atoms with Gasteiger partial charge in [0.15, 0.2) is 11.5 Å². The molecule has 0 atom stereocenters. The highest BCUT2D eigenvalue weighted by molar-refractivity contribution is 5.87. The standard InChI is InChI=1S/C14H18O5/c1-16-9-10-19-13(15)8-7-11-5-4-6-12(17-2)14(11)18-3/h4-8H,9-10H2,1-3H3/b8-7+. The molecule has 0 spiro atoms. The fraction of sp³-hybridized carbons (Fsp3) is 0.357. The monoisotopic (exact) mass is 266 g/mol. The number of esters is 1. The van der Waals surface area contributed by atoms with Crippen LogP contribution in [0.5, 0.6) is 11.5 Å². The maximum absolute atomic E-state index is 11.4. The lowest BCUT2D eigenvalue weighted by molar-refractivity contribution is -0.138. The van der Waals surface area contributed by atoms with Gasteiger partial charge in [0.25, 0.3) is 0 Å². The predicted octanol–water partition coefficient (Wildman–Crippen LogP) is 1.91. The van der Waals surface area contributed by atoms with Gasteiger partial charge in [-0.05, 0) is 12.1 Å². The molecular weight excluding hydrogens is 248 g/mol. The van der Waals surface area contributed by atoms with Crippen molar-refractivity contribution in [2.75, 3.05) is 34.5 Å². The lowest BCUT2D eigenvalue weighted by atomic mass is 10.1. The number of carbonyl (C=O) groups is 1. The summed E-state index contributed by atoms with van der Waals surface area (Å²) in [7, 11) is 4.65. The van der Waals surface area contributed by atoms with Crippen LogP contribution in [-0.4, -0.2) is 40.5 Å². The Kier molecular flexibility index (Phi) is 6.46. The minimum Gasteiger partial charge on any atom is -0.493 e. The molecule has 0 bridgehead atoms. The largest absolute Gasteiger partial charge is 0.493 e. The van der Waals surface area contributed by atoms with Crippen molar-refractivity contribution in [3.8, 4) is 11.5 Å². The van der Waals surface area contributed by atoms with E-state index in [-0.39, 0.29) is 6.61 Å². The second kappa shape index (κ2) is 8.16. The second-order valence-corrected chi connectivity index (χ2v) is 3.58. The number of hydrogen-bond acceptors (Lipinski definition) is 5. The summed E-state index contributed by atoms with van der Waals surface area (Å²) in [5, 5.41) is 0. The van der Waals surface area contributed by atoms with Gasteiger partial charge in [-0.1, -0.05) is 12.1 Å². The van der Waals surface area contributed by atoms with Crippen LogP contribution in [0.2, 0.25) is 0 Å². The number of carbonyl (C=O) groups excluding carboxylic acids is 1. The first-order valence-electron chi connectivity index (χ1n) is 5.77. The first kappa shape index (κ1) is 15.0. The van der Waals surface area contributed by atoms with Crippen molar-refractivity contribution in [3.63, 3.8) is 0 Å². The van der Waals surface area contributed by atoms with Crippen molar-refractivity contribution < 1.29 is 23.7 Å². The quantitative estimate of drug-likeness (QED) is 0.428. The van der Waals surface area contributed by atoms with Crippen LogP contribution in [0.25, 0.3) is 6.08 Å². The van der Waals surface area contributed by atoms with Crippen LogP contribution < -0.4 is 9.47 Å². The third-order valence-electron chi connectivity index (χ3n) is 2.36. The van der Waals surface area contributed by atoms with E-state index in [4.69, 9.17) is 18.9 Å². The average molecular weight is 266 g/mol. The van der Waals surface area contributed by atoms with E-state index >= 15 is 0 Å². The van der Waals surface area contributed by atoms with Crippen molar-refractivity contribution in [1.29, 1.82) is 0 Å². The van der Waals surface area contributed by atoms with E-state index < -0.39 is 5.97 Å². The van der Waals surface area contributed by atoms with Crippen LogP contribution in [0, 0.1) is 0 Å². The van der Waals surface area contributed by atoms with Crippen molar-refractivity contribution >= 4 is 12.0 Å². The van der Waals surface area contributed by atoms with Gasteiger partial charge in [-0.15, -0.1) is 0 Å². The molecule has 0 saturated heterocycles. The van der Waals surface area contributed by atoms with E-state index in [1.165, 1.54) is 6.08 Å². The molecule has 0 aliphatic rings. The van der Waals surface area contributed by atoms with Crippen LogP contribution in [0.15, 0.2) is 24.3 Å². The summed E-state index contributed by atoms with van der Waals surface area (Å²) in [6, 6.07) is 5.42. The molecule has 0 aliphatic heterocycles. The van der Waals surface area contributed by atoms with Crippen molar-refractivity contribution in [2.45, 2.75) is 0 Å². The van der Waals surface area contributed by atoms with E-state index in [1.54, 1.807) is 33.5 Å². The Morgan fingerprint density at radius 1 is 1.16 bits per heavy atom. The molecule has 5 nitrogen and oxygen atoms in total. The normalized spacial score (nSPS) is 10.5. The van der Waals surface area contributed by atoms with Crippen LogP contribution in [-0.2, 0) is 14.3 Å². The Balaban J connectivity index is 2.73. The maximum atomic E-state index is 11.4. The molecule has 0 aliphatic carbocycles. The smallest absolute Gasteiger partial charge is 0.330 e. The summed E-state index contributed by atoms with van der Waals surface area (Å²) < 4.78 is 20.1. The topological polar surface area (TPSA) is 54.0 Å². The van der Waals surface area contributed by atoms with E-state index in [9.17, 15) is 4.79 Å². The first-order chi connectivity index (χ1) is 9.22. The number of methoxy groups -OCH3 is 3. The summed E-state index contributed by atoms with van der Waals surface area (Å²) in [4.78, 5) is 11.4. The Labute approximate surface area is 112 Å². The van der Waals surface area contributed by atoms with Crippen LogP contribution >= 0.6 is 0 Å². The number of rotatable bonds is 7. The number of benzene rings is 1. The molecule has 0 amide bonds. The molecule has 0 saturated carbocycles. The minimum absolute atomic E-state index is 0.231. The SMILES string of the molecule is COCCOC(=O)/C=C/c1cccc(OC)c1OC. The second-order valence-electron chi connectivity index (χ2n) is 3.58. The average Bonchev–Trinajstić information content (AvgIpc) is 2.44. The molecule has 1 rings (SSSR count). The lowest BCUT2D eigenvalue weighted by Crippen LogP contribution is -2.06. The zero-order valence-corrected chi connectivity index (χ0v) is 11.3. The minimum atomic E-state index is -0.429. The van der Waals surface area contributed by atoms with Crippen LogP contribution in [0.1, 0.15) is 5.56 Å². The number of para-hydroxylation sites is 1. The van der Waals surface area contributed by atoms with Gasteiger partial charge in [-0.25, -0.2) is 4.79 Å². The van der Waals surface area contributed by atoms with Gasteiger partial charge >= 0.3 is 5.97 Å².